The van der Waals surface area contributed by atoms with Gasteiger partial charge in [-0.3, -0.25) is 9.59 Å². The minimum Gasteiger partial charge on any atom is -0.501 e. The normalized spacial score (nSPS) is 14.4. The van der Waals surface area contributed by atoms with Gasteiger partial charge in [-0.25, -0.2) is 9.78 Å². The summed E-state index contributed by atoms with van der Waals surface area (Å²) in [5.74, 6) is -0.767. The highest BCUT2D eigenvalue weighted by atomic mass is 16.5. The second kappa shape index (κ2) is 13.0. The third kappa shape index (κ3) is 6.52. The van der Waals surface area contributed by atoms with Crippen LogP contribution in [-0.4, -0.2) is 64.4 Å². The number of carboxylic acid groups (broad SMARTS) is 1. The number of nitrogens with one attached hydrogen (secondary N) is 2. The van der Waals surface area contributed by atoms with Gasteiger partial charge in [-0.05, 0) is 30.4 Å². The molecule has 1 aliphatic rings. The first kappa shape index (κ1) is 28.4. The molecule has 0 bridgehead atoms. The zero-order valence-electron chi connectivity index (χ0n) is 22.3. The Morgan fingerprint density at radius 2 is 1.82 bits per heavy atom. The van der Waals surface area contributed by atoms with E-state index in [9.17, 15) is 24.6 Å². The summed E-state index contributed by atoms with van der Waals surface area (Å²) in [6.45, 7) is 0.808. The lowest BCUT2D eigenvalue weighted by Gasteiger charge is -2.34. The van der Waals surface area contributed by atoms with Gasteiger partial charge in [0.05, 0.1) is 20.8 Å². The Kier molecular flexibility index (Phi) is 9.23. The lowest BCUT2D eigenvalue weighted by molar-refractivity contribution is -0.0251. The predicted molar refractivity (Wildman–Crippen MR) is 144 cm³/mol. The largest absolute Gasteiger partial charge is 0.501 e. The number of ether oxygens (including phenoxy) is 3. The van der Waals surface area contributed by atoms with Crippen molar-refractivity contribution in [3.8, 4) is 17.2 Å². The number of likely N-dealkylation sites (tertiary alicyclic amines) is 1. The summed E-state index contributed by atoms with van der Waals surface area (Å²) in [6, 6.07) is 14.6. The maximum atomic E-state index is 13.1. The maximum absolute atomic E-state index is 13.1. The predicted octanol–water partition coefficient (Wildman–Crippen LogP) is 3.07. The third-order valence-corrected chi connectivity index (χ3v) is 6.83. The fraction of sp³-hybridized carbons (Fsp3) is 0.357. The fourth-order valence-corrected chi connectivity index (χ4v) is 4.72. The number of piperidine rings is 1. The number of rotatable bonds is 10. The number of benzene rings is 2. The Morgan fingerprint density at radius 3 is 2.48 bits per heavy atom. The van der Waals surface area contributed by atoms with E-state index in [-0.39, 0.29) is 24.9 Å². The molecule has 0 aliphatic carbocycles. The van der Waals surface area contributed by atoms with E-state index in [0.29, 0.717) is 43.0 Å². The summed E-state index contributed by atoms with van der Waals surface area (Å²) < 4.78 is 16.9. The van der Waals surface area contributed by atoms with Crippen LogP contribution in [0.1, 0.15) is 46.4 Å². The number of hydrogen-bond donors (Lipinski definition) is 4. The molecule has 2 heterocycles. The van der Waals surface area contributed by atoms with Crippen LogP contribution >= 0.6 is 0 Å². The van der Waals surface area contributed by atoms with Crippen molar-refractivity contribution in [2.24, 2.45) is 5.92 Å². The number of para-hydroxylation sites is 1. The number of nitrogens with zero attached hydrogens (tertiary/aromatic N) is 2. The second-order valence-electron chi connectivity index (χ2n) is 9.31. The smallest absolute Gasteiger partial charge is 0.407 e. The summed E-state index contributed by atoms with van der Waals surface area (Å²) in [4.78, 5) is 45.5. The molecule has 0 radical (unpaired) electrons. The van der Waals surface area contributed by atoms with Crippen molar-refractivity contribution >= 4 is 12.0 Å². The minimum atomic E-state index is -0.997. The van der Waals surface area contributed by atoms with Gasteiger partial charge in [-0.1, -0.05) is 42.5 Å². The van der Waals surface area contributed by atoms with Crippen molar-refractivity contribution in [3.05, 3.63) is 81.5 Å². The molecule has 12 nitrogen and oxygen atoms in total. The van der Waals surface area contributed by atoms with Crippen molar-refractivity contribution in [3.63, 3.8) is 0 Å². The number of aromatic amines is 1. The number of hydrogen-bond acceptors (Lipinski definition) is 8. The standard InChI is InChI=1S/C28H32N4O8/c1-38-20-10-6-9-19(23(20)39-2)15-29-26(34)21-22(33)27(35)31-25(30-21)24(40-16-17-7-4-3-5-8-17)18-11-13-32(14-12-18)28(36)37/h3-10,18,24,33H,11-16H2,1-2H3,(H,29,34)(H,36,37)(H,30,31,35). The third-order valence-electron chi connectivity index (χ3n) is 6.83. The van der Waals surface area contributed by atoms with Crippen molar-refractivity contribution < 1.29 is 34.0 Å². The molecule has 1 atom stereocenters. The molecule has 2 aromatic carbocycles. The van der Waals surface area contributed by atoms with Crippen LogP contribution in [0.2, 0.25) is 0 Å². The average Bonchev–Trinajstić information content (AvgIpc) is 2.98. The first-order valence-corrected chi connectivity index (χ1v) is 12.8. The zero-order valence-corrected chi connectivity index (χ0v) is 22.3. The Labute approximate surface area is 230 Å². The van der Waals surface area contributed by atoms with Crippen LogP contribution in [0.5, 0.6) is 17.2 Å². The fourth-order valence-electron chi connectivity index (χ4n) is 4.72. The molecule has 1 saturated heterocycles. The maximum Gasteiger partial charge on any atom is 0.407 e. The van der Waals surface area contributed by atoms with Gasteiger partial charge in [0, 0.05) is 25.2 Å². The number of carbonyl (C=O) groups excluding carboxylic acids is 1. The van der Waals surface area contributed by atoms with Crippen LogP contribution in [0.4, 0.5) is 4.79 Å². The van der Waals surface area contributed by atoms with Gasteiger partial charge < -0.3 is 39.6 Å². The van der Waals surface area contributed by atoms with Gasteiger partial charge in [-0.2, -0.15) is 0 Å². The summed E-state index contributed by atoms with van der Waals surface area (Å²) in [5, 5.41) is 22.5. The van der Waals surface area contributed by atoms with Crippen LogP contribution in [0.3, 0.4) is 0 Å². The van der Waals surface area contributed by atoms with Gasteiger partial charge >= 0.3 is 6.09 Å². The Balaban J connectivity index is 1.59. The Hall–Kier alpha value is -4.58. The quantitative estimate of drug-likeness (QED) is 0.296. The van der Waals surface area contributed by atoms with E-state index >= 15 is 0 Å². The van der Waals surface area contributed by atoms with Gasteiger partial charge in [0.1, 0.15) is 11.9 Å². The first-order valence-electron chi connectivity index (χ1n) is 12.8. The lowest BCUT2D eigenvalue weighted by Crippen LogP contribution is -2.39. The van der Waals surface area contributed by atoms with E-state index in [4.69, 9.17) is 14.2 Å². The average molecular weight is 553 g/mol. The molecular formula is C28H32N4O8. The van der Waals surface area contributed by atoms with Crippen LogP contribution < -0.4 is 20.3 Å². The van der Waals surface area contributed by atoms with Crippen LogP contribution in [0.15, 0.2) is 53.3 Å². The van der Waals surface area contributed by atoms with Crippen molar-refractivity contribution in [2.75, 3.05) is 27.3 Å². The number of carbonyl (C=O) groups is 2. The van der Waals surface area contributed by atoms with Gasteiger partial charge in [-0.15, -0.1) is 0 Å². The molecule has 0 saturated carbocycles. The number of methoxy groups -OCH3 is 2. The zero-order chi connectivity index (χ0) is 28.6. The number of aromatic nitrogens is 2. The van der Waals surface area contributed by atoms with Crippen LogP contribution in [-0.2, 0) is 17.9 Å². The van der Waals surface area contributed by atoms with Crippen molar-refractivity contribution in [1.82, 2.24) is 20.2 Å². The Bertz CT molecular complexity index is 1390. The highest BCUT2D eigenvalue weighted by Gasteiger charge is 2.33. The van der Waals surface area contributed by atoms with Crippen LogP contribution in [0.25, 0.3) is 0 Å². The molecule has 4 rings (SSSR count). The number of aromatic hydroxyl groups is 1. The number of H-pyrrole nitrogens is 1. The molecule has 1 aliphatic heterocycles. The van der Waals surface area contributed by atoms with E-state index in [1.165, 1.54) is 19.1 Å². The molecular weight excluding hydrogens is 520 g/mol. The highest BCUT2D eigenvalue weighted by Crippen LogP contribution is 2.34. The van der Waals surface area contributed by atoms with Crippen LogP contribution in [0, 0.1) is 5.92 Å². The lowest BCUT2D eigenvalue weighted by atomic mass is 9.90. The molecule has 2 amide bonds. The molecule has 1 aromatic heterocycles. The summed E-state index contributed by atoms with van der Waals surface area (Å²) >= 11 is 0. The minimum absolute atomic E-state index is 0.0179. The van der Waals surface area contributed by atoms with E-state index in [1.54, 1.807) is 18.2 Å². The Morgan fingerprint density at radius 1 is 1.10 bits per heavy atom. The van der Waals surface area contributed by atoms with Crippen molar-refractivity contribution in [2.45, 2.75) is 32.1 Å². The first-order chi connectivity index (χ1) is 19.3. The molecule has 0 spiro atoms. The van der Waals surface area contributed by atoms with Crippen molar-refractivity contribution in [1.29, 1.82) is 0 Å². The summed E-state index contributed by atoms with van der Waals surface area (Å²) in [7, 11) is 2.98. The highest BCUT2D eigenvalue weighted by molar-refractivity contribution is 5.94. The van der Waals surface area contributed by atoms with E-state index in [0.717, 1.165) is 5.56 Å². The molecule has 1 unspecified atom stereocenters. The van der Waals surface area contributed by atoms with E-state index in [1.807, 2.05) is 30.3 Å². The topological polar surface area (TPSA) is 163 Å². The molecule has 1 fully saturated rings. The van der Waals surface area contributed by atoms with Gasteiger partial charge in [0.2, 0.25) is 5.75 Å². The molecule has 4 N–H and O–H groups in total. The second-order valence-corrected chi connectivity index (χ2v) is 9.31. The molecule has 40 heavy (non-hydrogen) atoms. The summed E-state index contributed by atoms with van der Waals surface area (Å²) in [6.07, 6.45) is -0.821. The molecule has 212 valence electrons. The van der Waals surface area contributed by atoms with E-state index in [2.05, 4.69) is 15.3 Å². The number of amides is 2. The monoisotopic (exact) mass is 552 g/mol. The molecule has 12 heteroatoms. The SMILES string of the molecule is COc1cccc(CNC(=O)c2nc(C(OCc3ccccc3)C3CCN(C(=O)O)CC3)[nH]c(=O)c2O)c1OC. The van der Waals surface area contributed by atoms with E-state index < -0.39 is 35.1 Å². The molecule has 3 aromatic rings. The summed E-state index contributed by atoms with van der Waals surface area (Å²) in [5.41, 5.74) is 0.179. The van der Waals surface area contributed by atoms with Gasteiger partial charge in [0.25, 0.3) is 11.5 Å². The van der Waals surface area contributed by atoms with Gasteiger partial charge in [0.15, 0.2) is 17.2 Å².